The number of nitrogens with one attached hydrogen (secondary N) is 1. The second-order valence-corrected chi connectivity index (χ2v) is 8.47. The monoisotopic (exact) mass is 405 g/mol. The van der Waals surface area contributed by atoms with E-state index < -0.39 is 10.0 Å². The van der Waals surface area contributed by atoms with Crippen molar-refractivity contribution in [2.45, 2.75) is 12.2 Å². The second-order valence-electron chi connectivity index (χ2n) is 6.50. The lowest BCUT2D eigenvalue weighted by Gasteiger charge is -2.34. The van der Waals surface area contributed by atoms with E-state index in [1.54, 1.807) is 29.2 Å². The van der Waals surface area contributed by atoms with E-state index in [-0.39, 0.29) is 49.4 Å². The van der Waals surface area contributed by atoms with Crippen LogP contribution in [0.25, 0.3) is 0 Å². The fourth-order valence-electron chi connectivity index (χ4n) is 3.03. The number of nitrogens with zero attached hydrogens (tertiary/aromatic N) is 2. The van der Waals surface area contributed by atoms with E-state index in [1.807, 2.05) is 18.2 Å². The SMILES string of the molecule is O=C(NCCC(=O)N1CCN(S(=O)(=O)Cc2ccccc2)CC1)c1ccco1. The predicted octanol–water partition coefficient (Wildman–Crippen LogP) is 1.07. The minimum Gasteiger partial charge on any atom is -0.459 e. The van der Waals surface area contributed by atoms with Gasteiger partial charge in [0.15, 0.2) is 5.76 Å². The van der Waals surface area contributed by atoms with Crippen molar-refractivity contribution in [2.75, 3.05) is 32.7 Å². The first-order valence-electron chi connectivity index (χ1n) is 9.07. The van der Waals surface area contributed by atoms with E-state index >= 15 is 0 Å². The summed E-state index contributed by atoms with van der Waals surface area (Å²) < 4.78 is 31.5. The first kappa shape index (κ1) is 20.1. The number of furan rings is 1. The van der Waals surface area contributed by atoms with Crippen LogP contribution in [0, 0.1) is 0 Å². The Morgan fingerprint density at radius 3 is 2.36 bits per heavy atom. The first-order chi connectivity index (χ1) is 13.5. The minimum atomic E-state index is -3.41. The third kappa shape index (κ3) is 5.20. The van der Waals surface area contributed by atoms with Gasteiger partial charge < -0.3 is 14.6 Å². The van der Waals surface area contributed by atoms with E-state index in [9.17, 15) is 18.0 Å². The number of hydrogen-bond donors (Lipinski definition) is 1. The summed E-state index contributed by atoms with van der Waals surface area (Å²) in [6, 6.07) is 12.2. The van der Waals surface area contributed by atoms with Crippen molar-refractivity contribution in [3.8, 4) is 0 Å². The van der Waals surface area contributed by atoms with Crippen LogP contribution < -0.4 is 5.32 Å². The van der Waals surface area contributed by atoms with Gasteiger partial charge >= 0.3 is 0 Å². The molecule has 0 spiro atoms. The standard InChI is InChI=1S/C19H23N3O5S/c23-18(8-9-20-19(24)17-7-4-14-27-17)21-10-12-22(13-11-21)28(25,26)15-16-5-2-1-3-6-16/h1-7,14H,8-13,15H2,(H,20,24). The maximum Gasteiger partial charge on any atom is 0.286 e. The molecule has 0 radical (unpaired) electrons. The molecule has 8 nitrogen and oxygen atoms in total. The van der Waals surface area contributed by atoms with Gasteiger partial charge in [0, 0.05) is 39.1 Å². The zero-order valence-corrected chi connectivity index (χ0v) is 16.2. The van der Waals surface area contributed by atoms with Crippen molar-refractivity contribution in [3.63, 3.8) is 0 Å². The van der Waals surface area contributed by atoms with Gasteiger partial charge in [-0.2, -0.15) is 4.31 Å². The van der Waals surface area contributed by atoms with Gasteiger partial charge in [0.05, 0.1) is 12.0 Å². The molecule has 0 saturated carbocycles. The summed E-state index contributed by atoms with van der Waals surface area (Å²) in [5.41, 5.74) is 0.744. The number of carbonyl (C=O) groups is 2. The Morgan fingerprint density at radius 1 is 1.00 bits per heavy atom. The highest BCUT2D eigenvalue weighted by molar-refractivity contribution is 7.88. The molecule has 3 rings (SSSR count). The van der Waals surface area contributed by atoms with Crippen LogP contribution in [-0.2, 0) is 20.6 Å². The number of hydrogen-bond acceptors (Lipinski definition) is 5. The van der Waals surface area contributed by atoms with Crippen molar-refractivity contribution in [1.82, 2.24) is 14.5 Å². The number of benzene rings is 1. The van der Waals surface area contributed by atoms with E-state index in [0.717, 1.165) is 5.56 Å². The molecule has 0 bridgehead atoms. The molecular formula is C19H23N3O5S. The quantitative estimate of drug-likeness (QED) is 0.743. The Labute approximate surface area is 164 Å². The molecule has 150 valence electrons. The lowest BCUT2D eigenvalue weighted by molar-refractivity contribution is -0.132. The lowest BCUT2D eigenvalue weighted by Crippen LogP contribution is -2.51. The van der Waals surface area contributed by atoms with Gasteiger partial charge in [0.1, 0.15) is 0 Å². The largest absolute Gasteiger partial charge is 0.459 e. The molecule has 0 aliphatic carbocycles. The highest BCUT2D eigenvalue weighted by Gasteiger charge is 2.28. The lowest BCUT2D eigenvalue weighted by atomic mass is 10.2. The third-order valence-electron chi connectivity index (χ3n) is 4.55. The van der Waals surface area contributed by atoms with Crippen LogP contribution in [0.15, 0.2) is 53.1 Å². The third-order valence-corrected chi connectivity index (χ3v) is 6.40. The van der Waals surface area contributed by atoms with Crippen LogP contribution in [0.2, 0.25) is 0 Å². The van der Waals surface area contributed by atoms with Gasteiger partial charge in [-0.1, -0.05) is 30.3 Å². The maximum atomic E-state index is 12.6. The summed E-state index contributed by atoms with van der Waals surface area (Å²) in [5.74, 6) is -0.320. The molecule has 1 aromatic carbocycles. The highest BCUT2D eigenvalue weighted by atomic mass is 32.2. The van der Waals surface area contributed by atoms with E-state index in [1.165, 1.54) is 10.6 Å². The van der Waals surface area contributed by atoms with Crippen LogP contribution >= 0.6 is 0 Å². The van der Waals surface area contributed by atoms with Crippen LogP contribution in [-0.4, -0.2) is 62.2 Å². The molecule has 28 heavy (non-hydrogen) atoms. The fourth-order valence-corrected chi connectivity index (χ4v) is 4.54. The Kier molecular flexibility index (Phi) is 6.48. The van der Waals surface area contributed by atoms with Crippen LogP contribution in [0.5, 0.6) is 0 Å². The first-order valence-corrected chi connectivity index (χ1v) is 10.7. The summed E-state index contributed by atoms with van der Waals surface area (Å²) in [6.07, 6.45) is 1.56. The molecular weight excluding hydrogens is 382 g/mol. The molecule has 1 N–H and O–H groups in total. The van der Waals surface area contributed by atoms with Gasteiger partial charge in [0.25, 0.3) is 5.91 Å². The Balaban J connectivity index is 1.43. The predicted molar refractivity (Wildman–Crippen MR) is 103 cm³/mol. The van der Waals surface area contributed by atoms with Gasteiger partial charge in [0.2, 0.25) is 15.9 Å². The Morgan fingerprint density at radius 2 is 1.71 bits per heavy atom. The van der Waals surface area contributed by atoms with E-state index in [4.69, 9.17) is 4.42 Å². The summed E-state index contributed by atoms with van der Waals surface area (Å²) in [7, 11) is -3.41. The summed E-state index contributed by atoms with van der Waals surface area (Å²) in [4.78, 5) is 25.7. The van der Waals surface area contributed by atoms with Crippen molar-refractivity contribution in [3.05, 3.63) is 60.1 Å². The number of rotatable bonds is 7. The van der Waals surface area contributed by atoms with Crippen molar-refractivity contribution >= 4 is 21.8 Å². The normalized spacial score (nSPS) is 15.4. The zero-order chi connectivity index (χ0) is 20.0. The molecule has 1 aliphatic rings. The molecule has 2 amide bonds. The van der Waals surface area contributed by atoms with Crippen molar-refractivity contribution in [2.24, 2.45) is 0 Å². The average Bonchev–Trinajstić information content (AvgIpc) is 3.23. The Bertz CT molecular complexity index is 889. The molecule has 1 aromatic heterocycles. The van der Waals surface area contributed by atoms with Gasteiger partial charge in [-0.15, -0.1) is 0 Å². The molecule has 1 saturated heterocycles. The smallest absolute Gasteiger partial charge is 0.286 e. The zero-order valence-electron chi connectivity index (χ0n) is 15.4. The maximum absolute atomic E-state index is 12.6. The molecule has 1 fully saturated rings. The van der Waals surface area contributed by atoms with Gasteiger partial charge in [-0.05, 0) is 17.7 Å². The van der Waals surface area contributed by atoms with Gasteiger partial charge in [-0.3, -0.25) is 9.59 Å². The molecule has 2 aromatic rings. The van der Waals surface area contributed by atoms with Crippen molar-refractivity contribution in [1.29, 1.82) is 0 Å². The molecule has 9 heteroatoms. The number of carbonyl (C=O) groups excluding carboxylic acids is 2. The fraction of sp³-hybridized carbons (Fsp3) is 0.368. The van der Waals surface area contributed by atoms with E-state index in [0.29, 0.717) is 13.1 Å². The van der Waals surface area contributed by atoms with Crippen molar-refractivity contribution < 1.29 is 22.4 Å². The number of piperazine rings is 1. The highest BCUT2D eigenvalue weighted by Crippen LogP contribution is 2.14. The minimum absolute atomic E-state index is 0.0411. The topological polar surface area (TPSA) is 99.9 Å². The van der Waals surface area contributed by atoms with Crippen LogP contribution in [0.1, 0.15) is 22.5 Å². The molecule has 2 heterocycles. The van der Waals surface area contributed by atoms with Gasteiger partial charge in [-0.25, -0.2) is 8.42 Å². The van der Waals surface area contributed by atoms with Crippen LogP contribution in [0.3, 0.4) is 0 Å². The summed E-state index contributed by atoms with van der Waals surface area (Å²) in [5, 5.41) is 2.63. The second kappa shape index (κ2) is 9.03. The van der Waals surface area contributed by atoms with E-state index in [2.05, 4.69) is 5.32 Å². The summed E-state index contributed by atoms with van der Waals surface area (Å²) in [6.45, 7) is 1.45. The summed E-state index contributed by atoms with van der Waals surface area (Å²) >= 11 is 0. The number of sulfonamides is 1. The van der Waals surface area contributed by atoms with Crippen LogP contribution in [0.4, 0.5) is 0 Å². The molecule has 0 atom stereocenters. The Hall–Kier alpha value is -2.65. The number of amides is 2. The molecule has 1 aliphatic heterocycles. The molecule has 0 unspecified atom stereocenters. The average molecular weight is 405 g/mol.